The highest BCUT2D eigenvalue weighted by atomic mass is 35.5. The second-order valence-corrected chi connectivity index (χ2v) is 12.2. The number of hydrogen-bond donors (Lipinski definition) is 1. The molecule has 1 N–H and O–H groups in total. The fraction of sp³-hybridized carbons (Fsp3) is 0.286. The van der Waals surface area contributed by atoms with Crippen LogP contribution in [-0.4, -0.2) is 43.8 Å². The molecule has 2 amide bonds. The van der Waals surface area contributed by atoms with Crippen LogP contribution in [0.4, 0.5) is 5.69 Å². The van der Waals surface area contributed by atoms with Crippen LogP contribution < -0.4 is 9.62 Å². The van der Waals surface area contributed by atoms with Crippen LogP contribution in [0.2, 0.25) is 15.1 Å². The molecule has 0 aliphatic rings. The summed E-state index contributed by atoms with van der Waals surface area (Å²) in [5.41, 5.74) is 0.930. The lowest BCUT2D eigenvalue weighted by Gasteiger charge is -2.32. The molecule has 0 radical (unpaired) electrons. The summed E-state index contributed by atoms with van der Waals surface area (Å²) in [6.07, 6.45) is 0.709. The van der Waals surface area contributed by atoms with Crippen molar-refractivity contribution in [3.05, 3.63) is 93.4 Å². The lowest BCUT2D eigenvalue weighted by atomic mass is 10.1. The monoisotopic (exact) mass is 609 g/mol. The van der Waals surface area contributed by atoms with Gasteiger partial charge in [-0.1, -0.05) is 66.0 Å². The van der Waals surface area contributed by atoms with Gasteiger partial charge in [-0.3, -0.25) is 13.9 Å². The van der Waals surface area contributed by atoms with Crippen molar-refractivity contribution in [3.8, 4) is 0 Å². The summed E-state index contributed by atoms with van der Waals surface area (Å²) in [5.74, 6) is -0.932. The molecular formula is C28H30Cl3N3O4S. The number of carbonyl (C=O) groups excluding carboxylic acids is 2. The van der Waals surface area contributed by atoms with Gasteiger partial charge in [-0.15, -0.1) is 0 Å². The molecule has 7 nitrogen and oxygen atoms in total. The van der Waals surface area contributed by atoms with Gasteiger partial charge in [0.05, 0.1) is 20.6 Å². The molecule has 0 saturated heterocycles. The van der Waals surface area contributed by atoms with Gasteiger partial charge in [0, 0.05) is 17.6 Å². The van der Waals surface area contributed by atoms with Crippen molar-refractivity contribution in [2.24, 2.45) is 0 Å². The van der Waals surface area contributed by atoms with Crippen molar-refractivity contribution in [1.82, 2.24) is 10.2 Å². The van der Waals surface area contributed by atoms with Gasteiger partial charge in [0.15, 0.2) is 0 Å². The number of nitrogens with zero attached hydrogens (tertiary/aromatic N) is 2. The van der Waals surface area contributed by atoms with Gasteiger partial charge in [-0.05, 0) is 74.4 Å². The SMILES string of the molecule is CC[C@H](C)NC(=O)[C@@H](C)N(Cc1ccc(Cl)c(Cl)c1)C(=O)CN(c1ccccc1)S(=O)(=O)c1ccc(Cl)cc1. The third kappa shape index (κ3) is 7.88. The maximum atomic E-state index is 13.9. The molecule has 0 unspecified atom stereocenters. The van der Waals surface area contributed by atoms with Gasteiger partial charge in [0.25, 0.3) is 10.0 Å². The van der Waals surface area contributed by atoms with Crippen LogP contribution in [0.3, 0.4) is 0 Å². The molecule has 39 heavy (non-hydrogen) atoms. The molecule has 3 aromatic carbocycles. The third-order valence-electron chi connectivity index (χ3n) is 6.23. The van der Waals surface area contributed by atoms with Gasteiger partial charge in [-0.25, -0.2) is 8.42 Å². The Morgan fingerprint density at radius 1 is 0.897 bits per heavy atom. The Kier molecular flexibility index (Phi) is 10.7. The first-order chi connectivity index (χ1) is 18.4. The van der Waals surface area contributed by atoms with E-state index in [1.807, 2.05) is 13.8 Å². The molecule has 3 aromatic rings. The highest BCUT2D eigenvalue weighted by molar-refractivity contribution is 7.92. The summed E-state index contributed by atoms with van der Waals surface area (Å²) < 4.78 is 28.5. The Hall–Kier alpha value is -2.78. The molecule has 0 fully saturated rings. The lowest BCUT2D eigenvalue weighted by Crippen LogP contribution is -2.52. The molecule has 208 valence electrons. The zero-order chi connectivity index (χ0) is 28.7. The zero-order valence-corrected chi connectivity index (χ0v) is 24.9. The van der Waals surface area contributed by atoms with E-state index in [4.69, 9.17) is 34.8 Å². The van der Waals surface area contributed by atoms with Crippen LogP contribution in [-0.2, 0) is 26.2 Å². The summed E-state index contributed by atoms with van der Waals surface area (Å²) in [5, 5.41) is 3.93. The quantitative estimate of drug-likeness (QED) is 0.281. The van der Waals surface area contributed by atoms with Crippen LogP contribution >= 0.6 is 34.8 Å². The van der Waals surface area contributed by atoms with E-state index < -0.39 is 28.5 Å². The summed E-state index contributed by atoms with van der Waals surface area (Å²) in [4.78, 5) is 28.3. The molecular weight excluding hydrogens is 581 g/mol. The molecule has 11 heteroatoms. The van der Waals surface area contributed by atoms with Crippen molar-refractivity contribution in [1.29, 1.82) is 0 Å². The molecule has 2 atom stereocenters. The van der Waals surface area contributed by atoms with E-state index in [0.29, 0.717) is 32.7 Å². The topological polar surface area (TPSA) is 86.8 Å². The normalized spacial score (nSPS) is 12.9. The van der Waals surface area contributed by atoms with E-state index in [1.165, 1.54) is 29.2 Å². The second-order valence-electron chi connectivity index (χ2n) is 9.07. The third-order valence-corrected chi connectivity index (χ3v) is 9.01. The first-order valence-corrected chi connectivity index (χ1v) is 14.9. The van der Waals surface area contributed by atoms with Gasteiger partial charge in [0.1, 0.15) is 12.6 Å². The first-order valence-electron chi connectivity index (χ1n) is 12.3. The summed E-state index contributed by atoms with van der Waals surface area (Å²) >= 11 is 18.2. The standard InChI is InChI=1S/C28H30Cl3N3O4S/c1-4-19(2)32-28(36)20(3)33(17-21-10-15-25(30)26(31)16-21)27(35)18-34(23-8-6-5-7-9-23)39(37,38)24-13-11-22(29)12-14-24/h5-16,19-20H,4,17-18H2,1-3H3,(H,32,36)/t19-,20+/m0/s1. The minimum atomic E-state index is -4.17. The van der Waals surface area contributed by atoms with Crippen LogP contribution in [0.15, 0.2) is 77.7 Å². The van der Waals surface area contributed by atoms with Crippen LogP contribution in [0.1, 0.15) is 32.8 Å². The summed E-state index contributed by atoms with van der Waals surface area (Å²) in [6.45, 7) is 4.87. The zero-order valence-electron chi connectivity index (χ0n) is 21.8. The van der Waals surface area contributed by atoms with Crippen LogP contribution in [0.5, 0.6) is 0 Å². The number of benzene rings is 3. The van der Waals surface area contributed by atoms with E-state index in [0.717, 1.165) is 4.31 Å². The van der Waals surface area contributed by atoms with E-state index in [2.05, 4.69) is 5.32 Å². The molecule has 3 rings (SSSR count). The number of rotatable bonds is 11. The number of halogens is 3. The number of hydrogen-bond acceptors (Lipinski definition) is 4. The van der Waals surface area contributed by atoms with Gasteiger partial charge in [-0.2, -0.15) is 0 Å². The van der Waals surface area contributed by atoms with Crippen molar-refractivity contribution in [2.75, 3.05) is 10.8 Å². The van der Waals surface area contributed by atoms with E-state index >= 15 is 0 Å². The predicted octanol–water partition coefficient (Wildman–Crippen LogP) is 6.17. The van der Waals surface area contributed by atoms with E-state index in [1.54, 1.807) is 55.5 Å². The second kappa shape index (κ2) is 13.5. The maximum absolute atomic E-state index is 13.9. The molecule has 0 aliphatic heterocycles. The van der Waals surface area contributed by atoms with Crippen molar-refractivity contribution in [3.63, 3.8) is 0 Å². The Morgan fingerprint density at radius 3 is 2.13 bits per heavy atom. The molecule has 0 bridgehead atoms. The highest BCUT2D eigenvalue weighted by Crippen LogP contribution is 2.27. The largest absolute Gasteiger partial charge is 0.352 e. The number of carbonyl (C=O) groups is 2. The minimum Gasteiger partial charge on any atom is -0.352 e. The first kappa shape index (κ1) is 30.8. The molecule has 0 saturated carbocycles. The number of anilines is 1. The van der Waals surface area contributed by atoms with Gasteiger partial charge < -0.3 is 10.2 Å². The maximum Gasteiger partial charge on any atom is 0.264 e. The molecule has 0 spiro atoms. The Bertz CT molecular complexity index is 1400. The van der Waals surface area contributed by atoms with Crippen molar-refractivity contribution < 1.29 is 18.0 Å². The number of sulfonamides is 1. The van der Waals surface area contributed by atoms with Crippen LogP contribution in [0.25, 0.3) is 0 Å². The fourth-order valence-electron chi connectivity index (χ4n) is 3.74. The molecule has 0 heterocycles. The Morgan fingerprint density at radius 2 is 1.54 bits per heavy atom. The van der Waals surface area contributed by atoms with Gasteiger partial charge in [0.2, 0.25) is 11.8 Å². The Balaban J connectivity index is 2.01. The van der Waals surface area contributed by atoms with E-state index in [-0.39, 0.29) is 23.4 Å². The lowest BCUT2D eigenvalue weighted by molar-refractivity contribution is -0.139. The fourth-order valence-corrected chi connectivity index (χ4v) is 5.60. The van der Waals surface area contributed by atoms with Crippen molar-refractivity contribution in [2.45, 2.75) is 50.7 Å². The summed E-state index contributed by atoms with van der Waals surface area (Å²) in [7, 11) is -4.17. The van der Waals surface area contributed by atoms with E-state index in [9.17, 15) is 18.0 Å². The average molecular weight is 611 g/mol. The van der Waals surface area contributed by atoms with Gasteiger partial charge >= 0.3 is 0 Å². The smallest absolute Gasteiger partial charge is 0.264 e. The summed E-state index contributed by atoms with van der Waals surface area (Å²) in [6, 6.07) is 17.9. The molecule has 0 aliphatic carbocycles. The number of para-hydroxylation sites is 1. The predicted molar refractivity (Wildman–Crippen MR) is 157 cm³/mol. The van der Waals surface area contributed by atoms with Crippen molar-refractivity contribution >= 4 is 62.3 Å². The molecule has 0 aromatic heterocycles. The highest BCUT2D eigenvalue weighted by Gasteiger charge is 2.32. The number of amides is 2. The Labute approximate surface area is 244 Å². The number of nitrogens with one attached hydrogen (secondary N) is 1. The average Bonchev–Trinajstić information content (AvgIpc) is 2.92. The van der Waals surface area contributed by atoms with Crippen LogP contribution in [0, 0.1) is 0 Å². The minimum absolute atomic E-state index is 0.00837.